The van der Waals surface area contributed by atoms with Crippen molar-refractivity contribution in [1.29, 1.82) is 0 Å². The molecule has 0 saturated carbocycles. The molecule has 3 aromatic rings. The lowest BCUT2D eigenvalue weighted by molar-refractivity contribution is 0.102. The maximum atomic E-state index is 12.6. The lowest BCUT2D eigenvalue weighted by Crippen LogP contribution is -2.17. The van der Waals surface area contributed by atoms with E-state index in [1.54, 1.807) is 6.07 Å². The number of nitrogens with zero attached hydrogens (tertiary/aromatic N) is 1. The molecule has 3 rings (SSSR count). The third-order valence-corrected chi connectivity index (χ3v) is 4.30. The van der Waals surface area contributed by atoms with Gasteiger partial charge in [0.15, 0.2) is 0 Å². The van der Waals surface area contributed by atoms with Gasteiger partial charge >= 0.3 is 0 Å². The van der Waals surface area contributed by atoms with Crippen LogP contribution in [-0.4, -0.2) is 16.8 Å². The fraction of sp³-hybridized carbons (Fsp3) is 0.136. The summed E-state index contributed by atoms with van der Waals surface area (Å²) < 4.78 is 0. The average Bonchev–Trinajstić information content (AvgIpc) is 2.70. The Balaban J connectivity index is 1.77. The van der Waals surface area contributed by atoms with Gasteiger partial charge in [0.1, 0.15) is 0 Å². The van der Waals surface area contributed by atoms with Crippen LogP contribution in [0.4, 0.5) is 11.4 Å². The normalized spacial score (nSPS) is 10.3. The summed E-state index contributed by atoms with van der Waals surface area (Å²) in [7, 11) is 0. The Morgan fingerprint density at radius 2 is 1.41 bits per heavy atom. The SMILES string of the molecule is CCc1ccccc1NC(=O)c1cncc(C(=O)Nc2ccccc2C)c1. The van der Waals surface area contributed by atoms with Crippen LogP contribution in [0.5, 0.6) is 0 Å². The topological polar surface area (TPSA) is 71.1 Å². The second-order valence-electron chi connectivity index (χ2n) is 6.20. The van der Waals surface area contributed by atoms with Gasteiger partial charge in [-0.3, -0.25) is 14.6 Å². The van der Waals surface area contributed by atoms with Crippen molar-refractivity contribution in [2.45, 2.75) is 20.3 Å². The van der Waals surface area contributed by atoms with Gasteiger partial charge in [-0.25, -0.2) is 0 Å². The zero-order chi connectivity index (χ0) is 19.2. The first-order valence-corrected chi connectivity index (χ1v) is 8.79. The monoisotopic (exact) mass is 359 g/mol. The number of carbonyl (C=O) groups excluding carboxylic acids is 2. The highest BCUT2D eigenvalue weighted by Gasteiger charge is 2.13. The summed E-state index contributed by atoms with van der Waals surface area (Å²) in [5.41, 5.74) is 4.16. The molecule has 2 aromatic carbocycles. The van der Waals surface area contributed by atoms with E-state index in [-0.39, 0.29) is 11.8 Å². The van der Waals surface area contributed by atoms with E-state index < -0.39 is 0 Å². The molecular weight excluding hydrogens is 338 g/mol. The maximum Gasteiger partial charge on any atom is 0.257 e. The van der Waals surface area contributed by atoms with E-state index in [1.165, 1.54) is 12.4 Å². The first-order valence-electron chi connectivity index (χ1n) is 8.79. The minimum absolute atomic E-state index is 0.297. The first kappa shape index (κ1) is 18.3. The molecule has 2 N–H and O–H groups in total. The maximum absolute atomic E-state index is 12.6. The van der Waals surface area contributed by atoms with Crippen LogP contribution in [0.15, 0.2) is 67.0 Å². The van der Waals surface area contributed by atoms with E-state index >= 15 is 0 Å². The second-order valence-corrected chi connectivity index (χ2v) is 6.20. The second kappa shape index (κ2) is 8.27. The molecule has 0 unspecified atom stereocenters. The van der Waals surface area contributed by atoms with Crippen LogP contribution in [0.2, 0.25) is 0 Å². The molecule has 0 fully saturated rings. The Labute approximate surface area is 158 Å². The van der Waals surface area contributed by atoms with Crippen molar-refractivity contribution in [2.75, 3.05) is 10.6 Å². The zero-order valence-corrected chi connectivity index (χ0v) is 15.3. The Morgan fingerprint density at radius 3 is 2.04 bits per heavy atom. The van der Waals surface area contributed by atoms with Crippen LogP contribution in [0.25, 0.3) is 0 Å². The van der Waals surface area contributed by atoms with Crippen LogP contribution in [0, 0.1) is 6.92 Å². The summed E-state index contributed by atoms with van der Waals surface area (Å²) in [5.74, 6) is -0.602. The number of amides is 2. The lowest BCUT2D eigenvalue weighted by Gasteiger charge is -2.11. The summed E-state index contributed by atoms with van der Waals surface area (Å²) in [6.45, 7) is 3.95. The molecule has 2 amide bonds. The predicted octanol–water partition coefficient (Wildman–Crippen LogP) is 4.46. The Hall–Kier alpha value is -3.47. The van der Waals surface area contributed by atoms with Crippen LogP contribution in [-0.2, 0) is 6.42 Å². The van der Waals surface area contributed by atoms with Crippen molar-refractivity contribution in [3.8, 4) is 0 Å². The number of hydrogen-bond donors (Lipinski definition) is 2. The van der Waals surface area contributed by atoms with E-state index in [1.807, 2.05) is 62.4 Å². The van der Waals surface area contributed by atoms with Gasteiger partial charge in [-0.05, 0) is 42.7 Å². The Bertz CT molecular complexity index is 983. The molecule has 0 spiro atoms. The molecule has 0 aliphatic carbocycles. The molecule has 1 aromatic heterocycles. The van der Waals surface area contributed by atoms with Gasteiger partial charge < -0.3 is 10.6 Å². The number of aromatic nitrogens is 1. The smallest absolute Gasteiger partial charge is 0.257 e. The van der Waals surface area contributed by atoms with Crippen molar-refractivity contribution in [2.24, 2.45) is 0 Å². The molecule has 136 valence electrons. The highest BCUT2D eigenvalue weighted by molar-refractivity contribution is 6.08. The van der Waals surface area contributed by atoms with Crippen molar-refractivity contribution >= 4 is 23.2 Å². The Kier molecular flexibility index (Phi) is 5.61. The zero-order valence-electron chi connectivity index (χ0n) is 15.3. The van der Waals surface area contributed by atoms with Crippen molar-refractivity contribution in [3.63, 3.8) is 0 Å². The van der Waals surface area contributed by atoms with E-state index in [0.29, 0.717) is 11.1 Å². The number of aryl methyl sites for hydroxylation is 2. The molecule has 5 heteroatoms. The molecule has 0 aliphatic heterocycles. The number of anilines is 2. The lowest BCUT2D eigenvalue weighted by atomic mass is 10.1. The number of para-hydroxylation sites is 2. The van der Waals surface area contributed by atoms with Gasteiger partial charge in [-0.1, -0.05) is 43.3 Å². The van der Waals surface area contributed by atoms with Crippen LogP contribution in [0.3, 0.4) is 0 Å². The van der Waals surface area contributed by atoms with Crippen molar-refractivity contribution in [3.05, 3.63) is 89.2 Å². The van der Waals surface area contributed by atoms with Crippen LogP contribution < -0.4 is 10.6 Å². The fourth-order valence-electron chi connectivity index (χ4n) is 2.74. The number of pyridine rings is 1. The molecule has 27 heavy (non-hydrogen) atoms. The van der Waals surface area contributed by atoms with E-state index in [0.717, 1.165) is 28.9 Å². The molecule has 0 saturated heterocycles. The first-order chi connectivity index (χ1) is 13.1. The largest absolute Gasteiger partial charge is 0.322 e. The average molecular weight is 359 g/mol. The number of nitrogens with one attached hydrogen (secondary N) is 2. The molecule has 5 nitrogen and oxygen atoms in total. The standard InChI is InChI=1S/C22H21N3O2/c1-3-16-9-5-7-11-20(16)25-22(27)18-12-17(13-23-14-18)21(26)24-19-10-6-4-8-15(19)2/h4-14H,3H2,1-2H3,(H,24,26)(H,25,27). The van der Waals surface area contributed by atoms with Crippen molar-refractivity contribution in [1.82, 2.24) is 4.98 Å². The third-order valence-electron chi connectivity index (χ3n) is 4.30. The minimum Gasteiger partial charge on any atom is -0.322 e. The summed E-state index contributed by atoms with van der Waals surface area (Å²) in [6.07, 6.45) is 3.71. The van der Waals surface area contributed by atoms with Crippen molar-refractivity contribution < 1.29 is 9.59 Å². The predicted molar refractivity (Wildman–Crippen MR) is 107 cm³/mol. The molecular formula is C22H21N3O2. The van der Waals surface area contributed by atoms with Crippen LogP contribution in [0.1, 0.15) is 38.8 Å². The van der Waals surface area contributed by atoms with Gasteiger partial charge in [-0.15, -0.1) is 0 Å². The summed E-state index contributed by atoms with van der Waals surface area (Å²) in [5, 5.41) is 5.74. The van der Waals surface area contributed by atoms with E-state index in [2.05, 4.69) is 15.6 Å². The quantitative estimate of drug-likeness (QED) is 0.707. The van der Waals surface area contributed by atoms with E-state index in [4.69, 9.17) is 0 Å². The van der Waals surface area contributed by atoms with Crippen LogP contribution >= 0.6 is 0 Å². The summed E-state index contributed by atoms with van der Waals surface area (Å²) in [4.78, 5) is 29.2. The molecule has 0 atom stereocenters. The fourth-order valence-corrected chi connectivity index (χ4v) is 2.74. The summed E-state index contributed by atoms with van der Waals surface area (Å²) in [6, 6.07) is 16.7. The highest BCUT2D eigenvalue weighted by Crippen LogP contribution is 2.18. The van der Waals surface area contributed by atoms with Gasteiger partial charge in [0, 0.05) is 23.8 Å². The van der Waals surface area contributed by atoms with E-state index in [9.17, 15) is 9.59 Å². The number of carbonyl (C=O) groups is 2. The Morgan fingerprint density at radius 1 is 0.852 bits per heavy atom. The van der Waals surface area contributed by atoms with Gasteiger partial charge in [0.05, 0.1) is 11.1 Å². The van der Waals surface area contributed by atoms with Gasteiger partial charge in [0.2, 0.25) is 0 Å². The highest BCUT2D eigenvalue weighted by atomic mass is 16.2. The molecule has 0 bridgehead atoms. The summed E-state index contributed by atoms with van der Waals surface area (Å²) >= 11 is 0. The molecule has 1 heterocycles. The molecule has 0 radical (unpaired) electrons. The molecule has 0 aliphatic rings. The van der Waals surface area contributed by atoms with Gasteiger partial charge in [-0.2, -0.15) is 0 Å². The van der Waals surface area contributed by atoms with Gasteiger partial charge in [0.25, 0.3) is 11.8 Å². The third kappa shape index (κ3) is 4.39. The minimum atomic E-state index is -0.305. The number of hydrogen-bond acceptors (Lipinski definition) is 3. The number of benzene rings is 2. The number of rotatable bonds is 5.